The van der Waals surface area contributed by atoms with Gasteiger partial charge in [-0.15, -0.1) is 24.0 Å². The third-order valence-electron chi connectivity index (χ3n) is 6.49. The predicted molar refractivity (Wildman–Crippen MR) is 111 cm³/mol. The molecule has 4 nitrogen and oxygen atoms in total. The van der Waals surface area contributed by atoms with Gasteiger partial charge in [0.15, 0.2) is 5.96 Å². The number of halogens is 4. The number of rotatable bonds is 4. The van der Waals surface area contributed by atoms with Gasteiger partial charge in [0.05, 0.1) is 12.0 Å². The normalized spacial score (nSPS) is 35.6. The van der Waals surface area contributed by atoms with Crippen molar-refractivity contribution in [3.8, 4) is 0 Å². The maximum atomic E-state index is 13.0. The molecule has 0 aromatic carbocycles. The van der Waals surface area contributed by atoms with E-state index in [9.17, 15) is 13.2 Å². The van der Waals surface area contributed by atoms with E-state index < -0.39 is 12.1 Å². The van der Waals surface area contributed by atoms with E-state index in [2.05, 4.69) is 29.5 Å². The smallest absolute Gasteiger partial charge is 0.377 e. The van der Waals surface area contributed by atoms with Crippen molar-refractivity contribution in [2.45, 2.75) is 71.2 Å². The Bertz CT molecular complexity index is 527. The molecule has 0 aromatic heterocycles. The van der Waals surface area contributed by atoms with Gasteiger partial charge < -0.3 is 15.4 Å². The van der Waals surface area contributed by atoms with Gasteiger partial charge in [0.1, 0.15) is 0 Å². The summed E-state index contributed by atoms with van der Waals surface area (Å²) in [4.78, 5) is 4.64. The molecule has 3 rings (SSSR count). The maximum absolute atomic E-state index is 13.0. The Labute approximate surface area is 177 Å². The van der Waals surface area contributed by atoms with Crippen LogP contribution in [-0.4, -0.2) is 44.0 Å². The zero-order valence-corrected chi connectivity index (χ0v) is 18.8. The molecule has 0 bridgehead atoms. The Hall–Kier alpha value is -0.250. The maximum Gasteiger partial charge on any atom is 0.391 e. The molecule has 8 heteroatoms. The molecular weight excluding hydrogens is 470 g/mol. The van der Waals surface area contributed by atoms with Crippen LogP contribution in [0.3, 0.4) is 0 Å². The molecule has 0 radical (unpaired) electrons. The molecule has 3 aliphatic rings. The van der Waals surface area contributed by atoms with E-state index in [1.165, 1.54) is 0 Å². The molecule has 2 N–H and O–H groups in total. The Morgan fingerprint density at radius 1 is 1.22 bits per heavy atom. The van der Waals surface area contributed by atoms with E-state index >= 15 is 0 Å². The molecule has 0 amide bonds. The second kappa shape index (κ2) is 9.05. The second-order valence-corrected chi connectivity index (χ2v) is 8.68. The fourth-order valence-corrected chi connectivity index (χ4v) is 5.06. The van der Waals surface area contributed by atoms with Crippen molar-refractivity contribution in [1.29, 1.82) is 0 Å². The van der Waals surface area contributed by atoms with Crippen LogP contribution in [0.15, 0.2) is 4.99 Å². The van der Waals surface area contributed by atoms with E-state index in [-0.39, 0.29) is 48.2 Å². The van der Waals surface area contributed by atoms with Gasteiger partial charge in [0.2, 0.25) is 0 Å². The number of aliphatic imine (C=N–C) groups is 1. The Morgan fingerprint density at radius 2 is 1.96 bits per heavy atom. The van der Waals surface area contributed by atoms with Crippen molar-refractivity contribution in [2.75, 3.05) is 19.7 Å². The summed E-state index contributed by atoms with van der Waals surface area (Å²) in [6.45, 7) is 8.42. The molecular formula is C19H33F3IN3O. The van der Waals surface area contributed by atoms with Crippen LogP contribution in [0.25, 0.3) is 0 Å². The number of nitrogens with zero attached hydrogens (tertiary/aromatic N) is 1. The second-order valence-electron chi connectivity index (χ2n) is 8.68. The first-order valence-electron chi connectivity index (χ1n) is 9.96. The lowest BCUT2D eigenvalue weighted by molar-refractivity contribution is -0.185. The molecule has 0 aromatic rings. The lowest BCUT2D eigenvalue weighted by atomic mass is 9.57. The first kappa shape index (κ1) is 23.0. The number of alkyl halides is 3. The van der Waals surface area contributed by atoms with Crippen LogP contribution >= 0.6 is 24.0 Å². The number of nitrogens with one attached hydrogen (secondary N) is 2. The van der Waals surface area contributed by atoms with Crippen LogP contribution in [0.5, 0.6) is 0 Å². The van der Waals surface area contributed by atoms with Crippen molar-refractivity contribution < 1.29 is 17.9 Å². The van der Waals surface area contributed by atoms with Crippen LogP contribution in [0, 0.1) is 23.2 Å². The van der Waals surface area contributed by atoms with E-state index in [0.29, 0.717) is 31.0 Å². The summed E-state index contributed by atoms with van der Waals surface area (Å²) < 4.78 is 44.8. The van der Waals surface area contributed by atoms with Crippen molar-refractivity contribution in [1.82, 2.24) is 10.6 Å². The first-order valence-corrected chi connectivity index (χ1v) is 9.96. The zero-order chi connectivity index (χ0) is 18.9. The molecule has 1 aliphatic heterocycles. The van der Waals surface area contributed by atoms with Crippen molar-refractivity contribution >= 4 is 29.9 Å². The molecule has 5 unspecified atom stereocenters. The number of hydrogen-bond acceptors (Lipinski definition) is 2. The summed E-state index contributed by atoms with van der Waals surface area (Å²) in [6, 6.07) is 0.294. The Balaban J connectivity index is 0.00000261. The lowest BCUT2D eigenvalue weighted by Crippen LogP contribution is -2.68. The van der Waals surface area contributed by atoms with Crippen LogP contribution < -0.4 is 10.6 Å². The average Bonchev–Trinajstić information content (AvgIpc) is 3.04. The van der Waals surface area contributed by atoms with E-state index in [1.54, 1.807) is 0 Å². The molecule has 5 atom stereocenters. The number of hydrogen-bond donors (Lipinski definition) is 2. The topological polar surface area (TPSA) is 45.7 Å². The van der Waals surface area contributed by atoms with E-state index in [0.717, 1.165) is 32.0 Å². The molecule has 1 heterocycles. The highest BCUT2D eigenvalue weighted by Crippen LogP contribution is 2.52. The molecule has 2 aliphatic carbocycles. The van der Waals surface area contributed by atoms with Crippen LogP contribution in [0.4, 0.5) is 13.2 Å². The molecule has 1 saturated heterocycles. The van der Waals surface area contributed by atoms with Crippen LogP contribution in [0.1, 0.15) is 52.9 Å². The minimum absolute atomic E-state index is 0. The molecule has 0 spiro atoms. The number of ether oxygens (including phenoxy) is 1. The van der Waals surface area contributed by atoms with Gasteiger partial charge in [-0.05, 0) is 38.5 Å². The number of guanidine groups is 1. The fourth-order valence-electron chi connectivity index (χ4n) is 5.06. The van der Waals surface area contributed by atoms with Gasteiger partial charge in [0.25, 0.3) is 0 Å². The van der Waals surface area contributed by atoms with Gasteiger partial charge in [-0.2, -0.15) is 13.2 Å². The molecule has 27 heavy (non-hydrogen) atoms. The molecule has 158 valence electrons. The summed E-state index contributed by atoms with van der Waals surface area (Å²) in [5.74, 6) is 0.0833. The van der Waals surface area contributed by atoms with Crippen LogP contribution in [-0.2, 0) is 4.74 Å². The molecule has 3 fully saturated rings. The lowest BCUT2D eigenvalue weighted by Gasteiger charge is -2.55. The summed E-state index contributed by atoms with van der Waals surface area (Å²) in [5, 5.41) is 6.79. The third kappa shape index (κ3) is 5.03. The Morgan fingerprint density at radius 3 is 2.63 bits per heavy atom. The zero-order valence-electron chi connectivity index (χ0n) is 16.4. The Kier molecular flexibility index (Phi) is 7.72. The summed E-state index contributed by atoms with van der Waals surface area (Å²) in [7, 11) is 0. The average molecular weight is 503 g/mol. The van der Waals surface area contributed by atoms with Gasteiger partial charge in [0, 0.05) is 37.1 Å². The van der Waals surface area contributed by atoms with Crippen LogP contribution in [0.2, 0.25) is 0 Å². The SMILES string of the molecule is CCNC(=NCC1CCCC(C(F)(F)F)C1)NC1C2CCOC2C1(C)C.I. The monoisotopic (exact) mass is 503 g/mol. The molecule has 2 saturated carbocycles. The quantitative estimate of drug-likeness (QED) is 0.341. The highest BCUT2D eigenvalue weighted by atomic mass is 127. The van der Waals surface area contributed by atoms with Crippen molar-refractivity contribution in [2.24, 2.45) is 28.2 Å². The fraction of sp³-hybridized carbons (Fsp3) is 0.947. The minimum atomic E-state index is -4.07. The van der Waals surface area contributed by atoms with Gasteiger partial charge in [-0.1, -0.05) is 20.3 Å². The highest BCUT2D eigenvalue weighted by Gasteiger charge is 2.59. The standard InChI is InChI=1S/C19H32F3N3O.HI/c1-4-23-17(25-15-14-8-9-26-16(14)18(15,2)3)24-11-12-6-5-7-13(10-12)19(20,21)22;/h12-16H,4-11H2,1-3H3,(H2,23,24,25);1H. The van der Waals surface area contributed by atoms with Crippen molar-refractivity contribution in [3.63, 3.8) is 0 Å². The summed E-state index contributed by atoms with van der Waals surface area (Å²) in [6.07, 6.45) is -0.761. The third-order valence-corrected chi connectivity index (χ3v) is 6.49. The van der Waals surface area contributed by atoms with Gasteiger partial charge in [-0.25, -0.2) is 0 Å². The van der Waals surface area contributed by atoms with Gasteiger partial charge >= 0.3 is 6.18 Å². The first-order chi connectivity index (χ1) is 12.2. The minimum Gasteiger partial charge on any atom is -0.377 e. The van der Waals surface area contributed by atoms with E-state index in [1.807, 2.05) is 6.92 Å². The summed E-state index contributed by atoms with van der Waals surface area (Å²) in [5.41, 5.74) is 0.0452. The summed E-state index contributed by atoms with van der Waals surface area (Å²) >= 11 is 0. The highest BCUT2D eigenvalue weighted by molar-refractivity contribution is 14.0. The number of fused-ring (bicyclic) bond motifs is 1. The largest absolute Gasteiger partial charge is 0.391 e. The van der Waals surface area contributed by atoms with Crippen molar-refractivity contribution in [3.05, 3.63) is 0 Å². The predicted octanol–water partition coefficient (Wildman–Crippen LogP) is 4.34. The van der Waals surface area contributed by atoms with Gasteiger partial charge in [-0.3, -0.25) is 4.99 Å². The van der Waals surface area contributed by atoms with E-state index in [4.69, 9.17) is 4.74 Å².